The van der Waals surface area contributed by atoms with Gasteiger partial charge in [0.1, 0.15) is 0 Å². The number of anilines is 1. The van der Waals surface area contributed by atoms with E-state index in [1.165, 1.54) is 22.3 Å². The molecule has 5 heteroatoms. The molecule has 4 nitrogen and oxygen atoms in total. The van der Waals surface area contributed by atoms with Crippen LogP contribution in [0.3, 0.4) is 0 Å². The molecule has 2 aromatic carbocycles. The minimum absolute atomic E-state index is 0. The molecule has 2 N–H and O–H groups in total. The van der Waals surface area contributed by atoms with Crippen LogP contribution in [0.1, 0.15) is 17.5 Å². The third-order valence-corrected chi connectivity index (χ3v) is 4.49. The molecule has 0 saturated carbocycles. The number of halogens is 1. The molecule has 1 aliphatic carbocycles. The molecule has 1 amide bonds. The van der Waals surface area contributed by atoms with Crippen LogP contribution in [0.15, 0.2) is 42.5 Å². The summed E-state index contributed by atoms with van der Waals surface area (Å²) in [5.41, 5.74) is 6.08. The third kappa shape index (κ3) is 3.46. The quantitative estimate of drug-likeness (QED) is 0.768. The number of morpholine rings is 1. The van der Waals surface area contributed by atoms with E-state index in [0.717, 1.165) is 25.2 Å². The van der Waals surface area contributed by atoms with Crippen molar-refractivity contribution in [1.29, 1.82) is 0 Å². The van der Waals surface area contributed by atoms with E-state index in [1.807, 2.05) is 6.07 Å². The fourth-order valence-corrected chi connectivity index (χ4v) is 3.39. The average molecular weight is 345 g/mol. The first-order valence-corrected chi connectivity index (χ1v) is 8.13. The second-order valence-electron chi connectivity index (χ2n) is 6.16. The van der Waals surface area contributed by atoms with E-state index in [2.05, 4.69) is 47.0 Å². The van der Waals surface area contributed by atoms with Crippen molar-refractivity contribution in [3.8, 4) is 11.1 Å². The molecule has 0 radical (unpaired) electrons. The summed E-state index contributed by atoms with van der Waals surface area (Å²) < 4.78 is 5.58. The summed E-state index contributed by atoms with van der Waals surface area (Å²) in [4.78, 5) is 12.2. The summed E-state index contributed by atoms with van der Waals surface area (Å²) in [6.45, 7) is 2.28. The predicted molar refractivity (Wildman–Crippen MR) is 97.8 cm³/mol. The Hall–Kier alpha value is -1.88. The largest absolute Gasteiger partial charge is 0.375 e. The highest BCUT2D eigenvalue weighted by atomic mass is 35.5. The molecule has 1 aliphatic heterocycles. The van der Waals surface area contributed by atoms with Gasteiger partial charge in [0.2, 0.25) is 5.91 Å². The van der Waals surface area contributed by atoms with Gasteiger partial charge >= 0.3 is 0 Å². The number of carbonyl (C=O) groups is 1. The standard InChI is InChI=1S/C19H20N2O2.ClH/c22-19(11-16-12-20-7-8-23-16)21-15-5-6-18-14(10-15)9-13-3-1-2-4-17(13)18;/h1-6,10,16,20H,7-9,11-12H2,(H,21,22);1H. The Kier molecular flexibility index (Phi) is 5.19. The van der Waals surface area contributed by atoms with Gasteiger partial charge in [-0.25, -0.2) is 0 Å². The predicted octanol–water partition coefficient (Wildman–Crippen LogP) is 3.00. The van der Waals surface area contributed by atoms with Crippen LogP contribution >= 0.6 is 12.4 Å². The van der Waals surface area contributed by atoms with E-state index in [0.29, 0.717) is 13.0 Å². The Morgan fingerprint density at radius 1 is 1.17 bits per heavy atom. The van der Waals surface area contributed by atoms with E-state index in [-0.39, 0.29) is 24.4 Å². The number of carbonyl (C=O) groups excluding carboxylic acids is 1. The molecule has 0 spiro atoms. The van der Waals surface area contributed by atoms with Gasteiger partial charge in [0.05, 0.1) is 19.1 Å². The number of benzene rings is 2. The van der Waals surface area contributed by atoms with Crippen molar-refractivity contribution < 1.29 is 9.53 Å². The van der Waals surface area contributed by atoms with Crippen LogP contribution in [0, 0.1) is 0 Å². The Morgan fingerprint density at radius 3 is 2.83 bits per heavy atom. The number of hydrogen-bond acceptors (Lipinski definition) is 3. The Morgan fingerprint density at radius 2 is 2.00 bits per heavy atom. The van der Waals surface area contributed by atoms with Crippen LogP contribution in [0.5, 0.6) is 0 Å². The summed E-state index contributed by atoms with van der Waals surface area (Å²) in [6.07, 6.45) is 1.30. The van der Waals surface area contributed by atoms with Crippen LogP contribution in [0.2, 0.25) is 0 Å². The van der Waals surface area contributed by atoms with Gasteiger partial charge in [0.15, 0.2) is 0 Å². The number of hydrogen-bond donors (Lipinski definition) is 2. The number of amides is 1. The smallest absolute Gasteiger partial charge is 0.227 e. The lowest BCUT2D eigenvalue weighted by Gasteiger charge is -2.23. The molecule has 2 aliphatic rings. The summed E-state index contributed by atoms with van der Waals surface area (Å²) >= 11 is 0. The lowest BCUT2D eigenvalue weighted by atomic mass is 10.1. The van der Waals surface area contributed by atoms with Crippen molar-refractivity contribution in [2.24, 2.45) is 0 Å². The summed E-state index contributed by atoms with van der Waals surface area (Å²) in [5, 5.41) is 6.24. The maximum absolute atomic E-state index is 12.2. The summed E-state index contributed by atoms with van der Waals surface area (Å²) in [7, 11) is 0. The van der Waals surface area contributed by atoms with Gasteiger partial charge in [-0.15, -0.1) is 12.4 Å². The molecular formula is C19H21ClN2O2. The van der Waals surface area contributed by atoms with Crippen LogP contribution in [0.4, 0.5) is 5.69 Å². The maximum Gasteiger partial charge on any atom is 0.227 e. The number of fused-ring (bicyclic) bond motifs is 3. The van der Waals surface area contributed by atoms with Gasteiger partial charge in [0.25, 0.3) is 0 Å². The maximum atomic E-state index is 12.2. The van der Waals surface area contributed by atoms with Crippen molar-refractivity contribution in [2.75, 3.05) is 25.0 Å². The highest BCUT2D eigenvalue weighted by molar-refractivity contribution is 5.92. The molecule has 24 heavy (non-hydrogen) atoms. The van der Waals surface area contributed by atoms with Crippen molar-refractivity contribution in [1.82, 2.24) is 5.32 Å². The first-order valence-electron chi connectivity index (χ1n) is 8.13. The third-order valence-electron chi connectivity index (χ3n) is 4.49. The van der Waals surface area contributed by atoms with E-state index < -0.39 is 0 Å². The zero-order chi connectivity index (χ0) is 15.6. The average Bonchev–Trinajstić information content (AvgIpc) is 2.93. The monoisotopic (exact) mass is 344 g/mol. The van der Waals surface area contributed by atoms with Gasteiger partial charge in [-0.2, -0.15) is 0 Å². The number of rotatable bonds is 3. The van der Waals surface area contributed by atoms with E-state index in [9.17, 15) is 4.79 Å². The first-order chi connectivity index (χ1) is 11.3. The Balaban J connectivity index is 0.00000169. The normalized spacial score (nSPS) is 18.2. The van der Waals surface area contributed by atoms with E-state index in [1.54, 1.807) is 0 Å². The van der Waals surface area contributed by atoms with Gasteiger partial charge in [-0.3, -0.25) is 4.79 Å². The Labute approximate surface area is 148 Å². The summed E-state index contributed by atoms with van der Waals surface area (Å²) in [5.74, 6) is 0.00848. The molecule has 0 aromatic heterocycles. The lowest BCUT2D eigenvalue weighted by molar-refractivity contribution is -0.119. The van der Waals surface area contributed by atoms with Crippen LogP contribution in [0.25, 0.3) is 11.1 Å². The number of ether oxygens (including phenoxy) is 1. The fourth-order valence-electron chi connectivity index (χ4n) is 3.39. The molecule has 2 aromatic rings. The Bertz CT molecular complexity index is 742. The zero-order valence-electron chi connectivity index (χ0n) is 13.4. The minimum Gasteiger partial charge on any atom is -0.375 e. The van der Waals surface area contributed by atoms with Gasteiger partial charge in [0, 0.05) is 18.8 Å². The second-order valence-corrected chi connectivity index (χ2v) is 6.16. The van der Waals surface area contributed by atoms with Gasteiger partial charge in [-0.1, -0.05) is 30.3 Å². The van der Waals surface area contributed by atoms with Crippen molar-refractivity contribution in [2.45, 2.75) is 18.9 Å². The SMILES string of the molecule is Cl.O=C(CC1CNCCO1)Nc1ccc2c(c1)Cc1ccccc1-2. The highest BCUT2D eigenvalue weighted by Gasteiger charge is 2.20. The second kappa shape index (κ2) is 7.34. The lowest BCUT2D eigenvalue weighted by Crippen LogP contribution is -2.40. The molecule has 126 valence electrons. The van der Waals surface area contributed by atoms with Crippen LogP contribution in [-0.2, 0) is 16.0 Å². The molecule has 4 rings (SSSR count). The number of nitrogens with one attached hydrogen (secondary N) is 2. The van der Waals surface area contributed by atoms with Crippen molar-refractivity contribution in [3.05, 3.63) is 53.6 Å². The minimum atomic E-state index is -0.0255. The van der Waals surface area contributed by atoms with Gasteiger partial charge < -0.3 is 15.4 Å². The van der Waals surface area contributed by atoms with Crippen molar-refractivity contribution in [3.63, 3.8) is 0 Å². The van der Waals surface area contributed by atoms with Crippen LogP contribution in [-0.4, -0.2) is 31.7 Å². The molecule has 1 heterocycles. The first kappa shape index (κ1) is 17.0. The summed E-state index contributed by atoms with van der Waals surface area (Å²) in [6, 6.07) is 14.7. The van der Waals surface area contributed by atoms with E-state index in [4.69, 9.17) is 4.74 Å². The van der Waals surface area contributed by atoms with Crippen molar-refractivity contribution >= 4 is 24.0 Å². The molecule has 1 atom stereocenters. The fraction of sp³-hybridized carbons (Fsp3) is 0.316. The highest BCUT2D eigenvalue weighted by Crippen LogP contribution is 2.37. The molecule has 1 saturated heterocycles. The van der Waals surface area contributed by atoms with Crippen LogP contribution < -0.4 is 10.6 Å². The molecule has 1 unspecified atom stereocenters. The topological polar surface area (TPSA) is 50.4 Å². The van der Waals surface area contributed by atoms with Gasteiger partial charge in [-0.05, 0) is 40.8 Å². The molecule has 0 bridgehead atoms. The molecular weight excluding hydrogens is 324 g/mol. The zero-order valence-corrected chi connectivity index (χ0v) is 14.2. The molecule has 1 fully saturated rings. The van der Waals surface area contributed by atoms with E-state index >= 15 is 0 Å².